The van der Waals surface area contributed by atoms with Crippen molar-refractivity contribution >= 4 is 0 Å². The van der Waals surface area contributed by atoms with Crippen molar-refractivity contribution in [3.8, 4) is 17.2 Å². The normalized spacial score (nSPS) is 10.1. The summed E-state index contributed by atoms with van der Waals surface area (Å²) in [6.45, 7) is 2.65. The van der Waals surface area contributed by atoms with Crippen molar-refractivity contribution in [2.75, 3.05) is 6.61 Å². The highest BCUT2D eigenvalue weighted by molar-refractivity contribution is 5.36. The maximum Gasteiger partial charge on any atom is 0.127 e. The Morgan fingerprint density at radius 1 is 0.833 bits per heavy atom. The summed E-state index contributed by atoms with van der Waals surface area (Å²) >= 11 is 0. The van der Waals surface area contributed by atoms with Gasteiger partial charge in [-0.15, -0.1) is 0 Å². The Kier molecular flexibility index (Phi) is 4.20. The first-order chi connectivity index (χ1) is 8.81. The average molecular weight is 244 g/mol. The van der Waals surface area contributed by atoms with Gasteiger partial charge in [-0.3, -0.25) is 0 Å². The monoisotopic (exact) mass is 244 g/mol. The van der Waals surface area contributed by atoms with E-state index < -0.39 is 0 Å². The van der Waals surface area contributed by atoms with Crippen LogP contribution >= 0.6 is 0 Å². The first-order valence-corrected chi connectivity index (χ1v) is 5.92. The van der Waals surface area contributed by atoms with Crippen LogP contribution in [-0.2, 0) is 6.61 Å². The highest BCUT2D eigenvalue weighted by Gasteiger charge is 1.98. The van der Waals surface area contributed by atoms with Gasteiger partial charge >= 0.3 is 0 Å². The molecule has 94 valence electrons. The molecule has 0 unspecified atom stereocenters. The minimum Gasteiger partial charge on any atom is -0.494 e. The van der Waals surface area contributed by atoms with Gasteiger partial charge in [0.05, 0.1) is 13.2 Å². The molecule has 2 aromatic carbocycles. The van der Waals surface area contributed by atoms with E-state index in [0.29, 0.717) is 6.61 Å². The number of rotatable bonds is 5. The second-order valence-electron chi connectivity index (χ2n) is 3.81. The molecule has 0 radical (unpaired) electrons. The first-order valence-electron chi connectivity index (χ1n) is 5.92. The molecule has 0 saturated carbocycles. The van der Waals surface area contributed by atoms with Gasteiger partial charge in [0, 0.05) is 0 Å². The lowest BCUT2D eigenvalue weighted by Gasteiger charge is -2.07. The predicted octanol–water partition coefficient (Wildman–Crippen LogP) is 3.37. The van der Waals surface area contributed by atoms with Crippen molar-refractivity contribution in [1.29, 1.82) is 0 Å². The Morgan fingerprint density at radius 3 is 1.83 bits per heavy atom. The van der Waals surface area contributed by atoms with Gasteiger partial charge in [0.25, 0.3) is 0 Å². The van der Waals surface area contributed by atoms with E-state index in [9.17, 15) is 0 Å². The molecule has 0 aliphatic carbocycles. The number of ether oxygens (including phenoxy) is 2. The van der Waals surface area contributed by atoms with Crippen molar-refractivity contribution in [3.05, 3.63) is 54.1 Å². The van der Waals surface area contributed by atoms with Crippen LogP contribution in [-0.4, -0.2) is 11.7 Å². The molecule has 0 heterocycles. The Bertz CT molecular complexity index is 474. The maximum absolute atomic E-state index is 8.94. The summed E-state index contributed by atoms with van der Waals surface area (Å²) in [5.74, 6) is 2.34. The number of aliphatic hydroxyl groups is 1. The Balaban J connectivity index is 2.03. The highest BCUT2D eigenvalue weighted by atomic mass is 16.5. The van der Waals surface area contributed by atoms with E-state index in [2.05, 4.69) is 0 Å². The summed E-state index contributed by atoms with van der Waals surface area (Å²) in [7, 11) is 0. The van der Waals surface area contributed by atoms with Crippen molar-refractivity contribution in [1.82, 2.24) is 0 Å². The molecule has 0 aliphatic heterocycles. The quantitative estimate of drug-likeness (QED) is 0.876. The van der Waals surface area contributed by atoms with E-state index in [1.54, 1.807) is 0 Å². The van der Waals surface area contributed by atoms with Gasteiger partial charge in [-0.25, -0.2) is 0 Å². The van der Waals surface area contributed by atoms with Crippen molar-refractivity contribution in [3.63, 3.8) is 0 Å². The number of benzene rings is 2. The van der Waals surface area contributed by atoms with Crippen LogP contribution in [0.25, 0.3) is 0 Å². The minimum atomic E-state index is 0.0450. The van der Waals surface area contributed by atoms with E-state index in [-0.39, 0.29) is 6.61 Å². The largest absolute Gasteiger partial charge is 0.494 e. The third-order valence-electron chi connectivity index (χ3n) is 2.48. The molecule has 0 saturated heterocycles. The lowest BCUT2D eigenvalue weighted by molar-refractivity contribution is 0.281. The molecular weight excluding hydrogens is 228 g/mol. The number of hydrogen-bond acceptors (Lipinski definition) is 3. The van der Waals surface area contributed by atoms with Crippen molar-refractivity contribution in [2.24, 2.45) is 0 Å². The van der Waals surface area contributed by atoms with Gasteiger partial charge in [-0.05, 0) is 48.9 Å². The molecule has 1 N–H and O–H groups in total. The summed E-state index contributed by atoms with van der Waals surface area (Å²) in [5, 5.41) is 8.94. The van der Waals surface area contributed by atoms with Crippen LogP contribution in [0.2, 0.25) is 0 Å². The molecule has 2 rings (SSSR count). The van der Waals surface area contributed by atoms with E-state index in [1.807, 2.05) is 55.5 Å². The SMILES string of the molecule is CCOc1ccc(Oc2ccc(CO)cc2)cc1. The number of hydrogen-bond donors (Lipinski definition) is 1. The summed E-state index contributed by atoms with van der Waals surface area (Å²) in [6, 6.07) is 14.8. The van der Waals surface area contributed by atoms with E-state index in [1.165, 1.54) is 0 Å². The molecular formula is C15H16O3. The Labute approximate surface area is 107 Å². The van der Waals surface area contributed by atoms with Crippen molar-refractivity contribution < 1.29 is 14.6 Å². The smallest absolute Gasteiger partial charge is 0.127 e. The molecule has 18 heavy (non-hydrogen) atoms. The maximum atomic E-state index is 8.94. The third-order valence-corrected chi connectivity index (χ3v) is 2.48. The molecule has 0 aliphatic rings. The van der Waals surface area contributed by atoms with Crippen LogP contribution in [0.1, 0.15) is 12.5 Å². The molecule has 0 atom stereocenters. The average Bonchev–Trinajstić information content (AvgIpc) is 2.42. The van der Waals surface area contributed by atoms with Crippen LogP contribution in [0.5, 0.6) is 17.2 Å². The second-order valence-corrected chi connectivity index (χ2v) is 3.81. The fourth-order valence-electron chi connectivity index (χ4n) is 1.57. The van der Waals surface area contributed by atoms with E-state index in [0.717, 1.165) is 22.8 Å². The zero-order valence-corrected chi connectivity index (χ0v) is 10.3. The van der Waals surface area contributed by atoms with Gasteiger partial charge in [0.1, 0.15) is 17.2 Å². The minimum absolute atomic E-state index is 0.0450. The number of aliphatic hydroxyl groups excluding tert-OH is 1. The van der Waals surface area contributed by atoms with E-state index in [4.69, 9.17) is 14.6 Å². The molecule has 2 aromatic rings. The highest BCUT2D eigenvalue weighted by Crippen LogP contribution is 2.24. The van der Waals surface area contributed by atoms with Gasteiger partial charge in [0.15, 0.2) is 0 Å². The van der Waals surface area contributed by atoms with Gasteiger partial charge in [-0.1, -0.05) is 12.1 Å². The second kappa shape index (κ2) is 6.07. The van der Waals surface area contributed by atoms with E-state index >= 15 is 0 Å². The van der Waals surface area contributed by atoms with Gasteiger partial charge in [0.2, 0.25) is 0 Å². The van der Waals surface area contributed by atoms with Gasteiger partial charge in [-0.2, -0.15) is 0 Å². The summed E-state index contributed by atoms with van der Waals surface area (Å²) < 4.78 is 11.0. The summed E-state index contributed by atoms with van der Waals surface area (Å²) in [4.78, 5) is 0. The topological polar surface area (TPSA) is 38.7 Å². The van der Waals surface area contributed by atoms with Crippen LogP contribution in [0.4, 0.5) is 0 Å². The lowest BCUT2D eigenvalue weighted by atomic mass is 10.2. The Hall–Kier alpha value is -2.00. The van der Waals surface area contributed by atoms with Crippen LogP contribution in [0.15, 0.2) is 48.5 Å². The Morgan fingerprint density at radius 2 is 1.33 bits per heavy atom. The molecule has 3 heteroatoms. The van der Waals surface area contributed by atoms with Crippen LogP contribution < -0.4 is 9.47 Å². The standard InChI is InChI=1S/C15H16O3/c1-2-17-13-7-9-15(10-8-13)18-14-5-3-12(11-16)4-6-14/h3-10,16H,2,11H2,1H3. The van der Waals surface area contributed by atoms with Crippen LogP contribution in [0.3, 0.4) is 0 Å². The zero-order valence-electron chi connectivity index (χ0n) is 10.3. The summed E-state index contributed by atoms with van der Waals surface area (Å²) in [5.41, 5.74) is 0.869. The van der Waals surface area contributed by atoms with Crippen molar-refractivity contribution in [2.45, 2.75) is 13.5 Å². The molecule has 0 amide bonds. The third kappa shape index (κ3) is 3.25. The first kappa shape index (κ1) is 12.5. The molecule has 0 bridgehead atoms. The predicted molar refractivity (Wildman–Crippen MR) is 70.0 cm³/mol. The molecule has 3 nitrogen and oxygen atoms in total. The fourth-order valence-corrected chi connectivity index (χ4v) is 1.57. The molecule has 0 spiro atoms. The van der Waals surface area contributed by atoms with Crippen LogP contribution in [0, 0.1) is 0 Å². The lowest BCUT2D eigenvalue weighted by Crippen LogP contribution is -1.91. The molecule has 0 aromatic heterocycles. The fraction of sp³-hybridized carbons (Fsp3) is 0.200. The zero-order chi connectivity index (χ0) is 12.8. The van der Waals surface area contributed by atoms with Gasteiger partial charge < -0.3 is 14.6 Å². The molecule has 0 fully saturated rings. The summed E-state index contributed by atoms with van der Waals surface area (Å²) in [6.07, 6.45) is 0.